The standard InChI is InChI=1S/C17H17N3O4S2/c1-20(2)26(22,23)15-10-11(8-9-13(15)24-3)16(21)19-17-18-12-6-4-5-7-14(12)25-17/h4-10H,1-3H3,(H,18,19,21). The summed E-state index contributed by atoms with van der Waals surface area (Å²) >= 11 is 1.35. The maximum Gasteiger partial charge on any atom is 0.257 e. The minimum absolute atomic E-state index is 0.0676. The zero-order chi connectivity index (χ0) is 18.9. The second-order valence-electron chi connectivity index (χ2n) is 5.59. The molecule has 0 saturated carbocycles. The number of methoxy groups -OCH3 is 1. The van der Waals surface area contributed by atoms with Crippen LogP contribution in [-0.4, -0.2) is 44.8 Å². The van der Waals surface area contributed by atoms with Crippen LogP contribution in [-0.2, 0) is 10.0 Å². The van der Waals surface area contributed by atoms with E-state index in [2.05, 4.69) is 10.3 Å². The second-order valence-corrected chi connectivity index (χ2v) is 8.74. The Morgan fingerprint density at radius 1 is 1.19 bits per heavy atom. The van der Waals surface area contributed by atoms with E-state index in [-0.39, 0.29) is 16.2 Å². The molecular formula is C17H17N3O4S2. The molecule has 1 heterocycles. The molecule has 0 radical (unpaired) electrons. The Morgan fingerprint density at radius 3 is 2.58 bits per heavy atom. The number of aromatic nitrogens is 1. The van der Waals surface area contributed by atoms with E-state index in [1.54, 1.807) is 0 Å². The molecule has 0 unspecified atom stereocenters. The Kier molecular flexibility index (Phi) is 4.94. The summed E-state index contributed by atoms with van der Waals surface area (Å²) in [6.45, 7) is 0. The highest BCUT2D eigenvalue weighted by Gasteiger charge is 2.24. The first kappa shape index (κ1) is 18.3. The van der Waals surface area contributed by atoms with E-state index in [4.69, 9.17) is 4.74 Å². The van der Waals surface area contributed by atoms with Crippen molar-refractivity contribution in [3.8, 4) is 5.75 Å². The highest BCUT2D eigenvalue weighted by molar-refractivity contribution is 7.89. The number of hydrogen-bond acceptors (Lipinski definition) is 6. The van der Waals surface area contributed by atoms with Crippen molar-refractivity contribution >= 4 is 42.6 Å². The lowest BCUT2D eigenvalue weighted by Crippen LogP contribution is -2.23. The summed E-state index contributed by atoms with van der Waals surface area (Å²) in [5.74, 6) is -0.267. The number of hydrogen-bond donors (Lipinski definition) is 1. The van der Waals surface area contributed by atoms with Gasteiger partial charge in [0.1, 0.15) is 10.6 Å². The molecule has 3 aromatic rings. The van der Waals surface area contributed by atoms with Crippen LogP contribution in [0, 0.1) is 0 Å². The lowest BCUT2D eigenvalue weighted by atomic mass is 10.2. The molecule has 136 valence electrons. The van der Waals surface area contributed by atoms with Crippen LogP contribution in [0.1, 0.15) is 10.4 Å². The van der Waals surface area contributed by atoms with Crippen molar-refractivity contribution in [2.45, 2.75) is 4.90 Å². The topological polar surface area (TPSA) is 88.6 Å². The van der Waals surface area contributed by atoms with Gasteiger partial charge in [0.15, 0.2) is 5.13 Å². The number of nitrogens with one attached hydrogen (secondary N) is 1. The van der Waals surface area contributed by atoms with E-state index in [1.807, 2.05) is 24.3 Å². The van der Waals surface area contributed by atoms with Crippen molar-refractivity contribution < 1.29 is 17.9 Å². The van der Waals surface area contributed by atoms with Crippen LogP contribution < -0.4 is 10.1 Å². The first-order chi connectivity index (χ1) is 12.3. The number of thiazole rings is 1. The molecule has 3 rings (SSSR count). The average molecular weight is 391 g/mol. The zero-order valence-electron chi connectivity index (χ0n) is 14.4. The van der Waals surface area contributed by atoms with Crippen molar-refractivity contribution in [2.24, 2.45) is 0 Å². The van der Waals surface area contributed by atoms with E-state index in [0.29, 0.717) is 5.13 Å². The van der Waals surface area contributed by atoms with Gasteiger partial charge in [-0.2, -0.15) is 0 Å². The van der Waals surface area contributed by atoms with Crippen LogP contribution in [0.15, 0.2) is 47.4 Å². The van der Waals surface area contributed by atoms with E-state index in [1.165, 1.54) is 50.7 Å². The summed E-state index contributed by atoms with van der Waals surface area (Å²) in [5, 5.41) is 3.16. The fourth-order valence-electron chi connectivity index (χ4n) is 2.31. The van der Waals surface area contributed by atoms with Gasteiger partial charge in [0, 0.05) is 19.7 Å². The van der Waals surface area contributed by atoms with Crippen molar-refractivity contribution in [1.82, 2.24) is 9.29 Å². The normalized spacial score (nSPS) is 11.7. The van der Waals surface area contributed by atoms with Gasteiger partial charge in [-0.3, -0.25) is 10.1 Å². The van der Waals surface area contributed by atoms with Crippen molar-refractivity contribution in [1.29, 1.82) is 0 Å². The van der Waals surface area contributed by atoms with Crippen molar-refractivity contribution in [3.05, 3.63) is 48.0 Å². The lowest BCUT2D eigenvalue weighted by Gasteiger charge is -2.15. The second kappa shape index (κ2) is 7.02. The molecule has 9 heteroatoms. The Labute approximate surface area is 155 Å². The van der Waals surface area contributed by atoms with Gasteiger partial charge < -0.3 is 4.74 Å². The molecule has 2 aromatic carbocycles. The van der Waals surface area contributed by atoms with E-state index in [9.17, 15) is 13.2 Å². The first-order valence-electron chi connectivity index (χ1n) is 7.60. The molecular weight excluding hydrogens is 374 g/mol. The largest absolute Gasteiger partial charge is 0.495 e. The number of sulfonamides is 1. The van der Waals surface area contributed by atoms with E-state index >= 15 is 0 Å². The number of para-hydroxylation sites is 1. The highest BCUT2D eigenvalue weighted by atomic mass is 32.2. The summed E-state index contributed by atoms with van der Waals surface area (Å²) in [5.41, 5.74) is 0.990. The number of carbonyl (C=O) groups excluding carboxylic acids is 1. The molecule has 0 aliphatic heterocycles. The van der Waals surface area contributed by atoms with E-state index < -0.39 is 15.9 Å². The van der Waals surface area contributed by atoms with E-state index in [0.717, 1.165) is 14.5 Å². The van der Waals surface area contributed by atoms with Crippen molar-refractivity contribution in [3.63, 3.8) is 0 Å². The van der Waals surface area contributed by atoms with Crippen LogP contribution in [0.3, 0.4) is 0 Å². The molecule has 0 saturated heterocycles. The number of amides is 1. The molecule has 1 amide bonds. The molecule has 0 fully saturated rings. The van der Waals surface area contributed by atoms with Gasteiger partial charge in [-0.1, -0.05) is 23.5 Å². The van der Waals surface area contributed by atoms with Gasteiger partial charge in [-0.25, -0.2) is 17.7 Å². The fraction of sp³-hybridized carbons (Fsp3) is 0.176. The summed E-state index contributed by atoms with van der Waals surface area (Å²) in [7, 11) is 0.465. The van der Waals surface area contributed by atoms with Crippen LogP contribution in [0.5, 0.6) is 5.75 Å². The highest BCUT2D eigenvalue weighted by Crippen LogP contribution is 2.29. The lowest BCUT2D eigenvalue weighted by molar-refractivity contribution is 0.102. The zero-order valence-corrected chi connectivity index (χ0v) is 16.0. The molecule has 0 bridgehead atoms. The monoisotopic (exact) mass is 391 g/mol. The molecule has 1 aromatic heterocycles. The fourth-order valence-corrected chi connectivity index (χ4v) is 4.25. The van der Waals surface area contributed by atoms with Crippen LogP contribution >= 0.6 is 11.3 Å². The summed E-state index contributed by atoms with van der Waals surface area (Å²) < 4.78 is 32.1. The van der Waals surface area contributed by atoms with Gasteiger partial charge in [0.05, 0.1) is 17.3 Å². The molecule has 7 nitrogen and oxygen atoms in total. The summed E-state index contributed by atoms with van der Waals surface area (Å²) in [4.78, 5) is 16.8. The molecule has 0 atom stereocenters. The predicted octanol–water partition coefficient (Wildman–Crippen LogP) is 2.81. The Bertz CT molecular complexity index is 1040. The quantitative estimate of drug-likeness (QED) is 0.722. The number of fused-ring (bicyclic) bond motifs is 1. The van der Waals surface area contributed by atoms with Crippen LogP contribution in [0.4, 0.5) is 5.13 Å². The smallest absolute Gasteiger partial charge is 0.257 e. The number of benzene rings is 2. The third-order valence-corrected chi connectivity index (χ3v) is 6.49. The third-order valence-electron chi connectivity index (χ3n) is 3.70. The number of ether oxygens (including phenoxy) is 1. The SMILES string of the molecule is COc1ccc(C(=O)Nc2nc3ccccc3s2)cc1S(=O)(=O)N(C)C. The number of nitrogens with zero attached hydrogens (tertiary/aromatic N) is 2. The molecule has 0 aliphatic carbocycles. The Hall–Kier alpha value is -2.49. The van der Waals surface area contributed by atoms with Gasteiger partial charge >= 0.3 is 0 Å². The van der Waals surface area contributed by atoms with Gasteiger partial charge in [-0.05, 0) is 30.3 Å². The summed E-state index contributed by atoms with van der Waals surface area (Å²) in [6.07, 6.45) is 0. The number of anilines is 1. The summed E-state index contributed by atoms with van der Waals surface area (Å²) in [6, 6.07) is 11.8. The Balaban J connectivity index is 1.94. The van der Waals surface area contributed by atoms with Crippen LogP contribution in [0.25, 0.3) is 10.2 Å². The van der Waals surface area contributed by atoms with Crippen LogP contribution in [0.2, 0.25) is 0 Å². The van der Waals surface area contributed by atoms with Gasteiger partial charge in [0.2, 0.25) is 10.0 Å². The minimum Gasteiger partial charge on any atom is -0.495 e. The molecule has 0 aliphatic rings. The van der Waals surface area contributed by atoms with Crippen molar-refractivity contribution in [2.75, 3.05) is 26.5 Å². The first-order valence-corrected chi connectivity index (χ1v) is 9.86. The number of carbonyl (C=O) groups is 1. The molecule has 1 N–H and O–H groups in total. The molecule has 26 heavy (non-hydrogen) atoms. The third kappa shape index (κ3) is 3.41. The maximum absolute atomic E-state index is 12.5. The number of rotatable bonds is 5. The maximum atomic E-state index is 12.5. The average Bonchev–Trinajstić information content (AvgIpc) is 3.03. The molecule has 0 spiro atoms. The predicted molar refractivity (Wildman–Crippen MR) is 101 cm³/mol. The van der Waals surface area contributed by atoms with Gasteiger partial charge in [0.25, 0.3) is 5.91 Å². The van der Waals surface area contributed by atoms with Gasteiger partial charge in [-0.15, -0.1) is 0 Å². The minimum atomic E-state index is -3.75. The Morgan fingerprint density at radius 2 is 1.92 bits per heavy atom.